The first-order chi connectivity index (χ1) is 17.2. The van der Waals surface area contributed by atoms with Gasteiger partial charge < -0.3 is 14.8 Å². The molecule has 3 rings (SSSR count). The fraction of sp³-hybridized carbons (Fsp3) is 0.231. The molecule has 10 heteroatoms. The van der Waals surface area contributed by atoms with E-state index in [1.165, 1.54) is 30.3 Å². The smallest absolute Gasteiger partial charge is 0.338 e. The van der Waals surface area contributed by atoms with Crippen LogP contribution in [-0.2, 0) is 19.6 Å². The Hall–Kier alpha value is -3.56. The zero-order chi connectivity index (χ0) is 26.3. The zero-order valence-corrected chi connectivity index (χ0v) is 21.7. The lowest BCUT2D eigenvalue weighted by Crippen LogP contribution is -2.38. The molecule has 1 amide bonds. The van der Waals surface area contributed by atoms with Gasteiger partial charge in [-0.1, -0.05) is 23.7 Å². The average molecular weight is 531 g/mol. The van der Waals surface area contributed by atoms with Crippen molar-refractivity contribution in [3.63, 3.8) is 0 Å². The lowest BCUT2D eigenvalue weighted by atomic mass is 10.1. The molecule has 0 atom stereocenters. The number of ether oxygens (including phenoxy) is 2. The molecule has 0 bridgehead atoms. The molecular formula is C26H27ClN2O6S. The Kier molecular flexibility index (Phi) is 8.95. The lowest BCUT2D eigenvalue weighted by Gasteiger charge is -2.26. The van der Waals surface area contributed by atoms with Crippen molar-refractivity contribution in [2.75, 3.05) is 29.4 Å². The van der Waals surface area contributed by atoms with Gasteiger partial charge in [-0.3, -0.25) is 9.10 Å². The molecule has 0 unspecified atom stereocenters. The summed E-state index contributed by atoms with van der Waals surface area (Å²) in [5.41, 5.74) is 1.63. The largest absolute Gasteiger partial charge is 0.492 e. The third-order valence-electron chi connectivity index (χ3n) is 5.13. The van der Waals surface area contributed by atoms with Gasteiger partial charge in [0, 0.05) is 10.7 Å². The summed E-state index contributed by atoms with van der Waals surface area (Å²) in [6, 6.07) is 17.0. The van der Waals surface area contributed by atoms with E-state index in [0.29, 0.717) is 34.2 Å². The molecule has 1 N–H and O–H groups in total. The monoisotopic (exact) mass is 530 g/mol. The highest BCUT2D eigenvalue weighted by Gasteiger charge is 2.29. The number of carbonyl (C=O) groups excluding carboxylic acids is 2. The number of halogens is 1. The molecular weight excluding hydrogens is 504 g/mol. The Morgan fingerprint density at radius 2 is 1.67 bits per heavy atom. The number of carbonyl (C=O) groups is 2. The first kappa shape index (κ1) is 27.0. The quantitative estimate of drug-likeness (QED) is 0.368. The fourth-order valence-electron chi connectivity index (χ4n) is 3.44. The van der Waals surface area contributed by atoms with Crippen LogP contribution in [0.15, 0.2) is 71.6 Å². The molecule has 0 fully saturated rings. The van der Waals surface area contributed by atoms with E-state index in [1.807, 2.05) is 0 Å². The van der Waals surface area contributed by atoms with E-state index in [4.69, 9.17) is 21.1 Å². The topological polar surface area (TPSA) is 102 Å². The van der Waals surface area contributed by atoms with E-state index >= 15 is 0 Å². The number of hydrogen-bond acceptors (Lipinski definition) is 6. The number of anilines is 2. The number of benzene rings is 3. The molecule has 0 saturated heterocycles. The second kappa shape index (κ2) is 11.9. The molecule has 0 spiro atoms. The second-order valence-electron chi connectivity index (χ2n) is 7.66. The van der Waals surface area contributed by atoms with E-state index in [2.05, 4.69) is 5.32 Å². The van der Waals surface area contributed by atoms with Crippen LogP contribution >= 0.6 is 11.6 Å². The number of esters is 1. The van der Waals surface area contributed by atoms with E-state index in [9.17, 15) is 18.0 Å². The summed E-state index contributed by atoms with van der Waals surface area (Å²) in [5, 5.41) is 3.12. The summed E-state index contributed by atoms with van der Waals surface area (Å²) in [6.45, 7) is 5.26. The molecule has 0 radical (unpaired) electrons. The Morgan fingerprint density at radius 1 is 0.972 bits per heavy atom. The van der Waals surface area contributed by atoms with E-state index in [1.54, 1.807) is 57.2 Å². The first-order valence-corrected chi connectivity index (χ1v) is 13.1. The Bertz CT molecular complexity index is 1340. The number of nitrogens with zero attached hydrogens (tertiary/aromatic N) is 1. The maximum Gasteiger partial charge on any atom is 0.338 e. The first-order valence-electron chi connectivity index (χ1n) is 11.2. The van der Waals surface area contributed by atoms with Crippen molar-refractivity contribution in [1.29, 1.82) is 0 Å². The lowest BCUT2D eigenvalue weighted by molar-refractivity contribution is -0.114. The van der Waals surface area contributed by atoms with Crippen LogP contribution in [0.5, 0.6) is 5.75 Å². The minimum Gasteiger partial charge on any atom is -0.492 e. The minimum atomic E-state index is -4.16. The van der Waals surface area contributed by atoms with Crippen LogP contribution in [0.3, 0.4) is 0 Å². The van der Waals surface area contributed by atoms with E-state index in [0.717, 1.165) is 4.31 Å². The number of aryl methyl sites for hydroxylation is 1. The maximum atomic E-state index is 13.6. The van der Waals surface area contributed by atoms with Crippen LogP contribution in [0.4, 0.5) is 11.4 Å². The highest BCUT2D eigenvalue weighted by Crippen LogP contribution is 2.33. The fourth-order valence-corrected chi connectivity index (χ4v) is 5.00. The average Bonchev–Trinajstić information content (AvgIpc) is 2.85. The SMILES string of the molecule is CCOC(=O)c1ccc(NC(=O)CN(c2ccccc2OCC)S(=O)(=O)c2ccc(Cl)cc2)c(C)c1. The van der Waals surface area contributed by atoms with Gasteiger partial charge in [-0.25, -0.2) is 13.2 Å². The Labute approximate surface area is 215 Å². The molecule has 190 valence electrons. The summed E-state index contributed by atoms with van der Waals surface area (Å²) in [7, 11) is -4.16. The molecule has 3 aromatic rings. The summed E-state index contributed by atoms with van der Waals surface area (Å²) < 4.78 is 38.9. The summed E-state index contributed by atoms with van der Waals surface area (Å²) in [6.07, 6.45) is 0. The third-order valence-corrected chi connectivity index (χ3v) is 7.16. The standard InChI is InChI=1S/C26H27ClN2O6S/c1-4-34-24-9-7-6-8-23(24)29(36(32,33)21-13-11-20(27)12-14-21)17-25(30)28-22-15-10-19(16-18(22)3)26(31)35-5-2/h6-16H,4-5,17H2,1-3H3,(H,28,30). The zero-order valence-electron chi connectivity index (χ0n) is 20.2. The van der Waals surface area contributed by atoms with Gasteiger partial charge >= 0.3 is 5.97 Å². The molecule has 0 aliphatic rings. The molecule has 0 aliphatic carbocycles. The number of para-hydroxylation sites is 2. The molecule has 0 saturated carbocycles. The van der Waals surface area contributed by atoms with Gasteiger partial charge in [0.25, 0.3) is 10.0 Å². The van der Waals surface area contributed by atoms with Gasteiger partial charge in [-0.2, -0.15) is 0 Å². The highest BCUT2D eigenvalue weighted by atomic mass is 35.5. The predicted octanol–water partition coefficient (Wildman–Crippen LogP) is 5.06. The van der Waals surface area contributed by atoms with E-state index in [-0.39, 0.29) is 17.2 Å². The molecule has 8 nitrogen and oxygen atoms in total. The Morgan fingerprint density at radius 3 is 2.31 bits per heavy atom. The molecule has 0 aromatic heterocycles. The summed E-state index contributed by atoms with van der Waals surface area (Å²) in [5.74, 6) is -0.725. The van der Waals surface area contributed by atoms with Crippen molar-refractivity contribution in [2.24, 2.45) is 0 Å². The normalized spacial score (nSPS) is 11.0. The van der Waals surface area contributed by atoms with Gasteiger partial charge in [0.05, 0.1) is 29.4 Å². The van der Waals surface area contributed by atoms with Crippen molar-refractivity contribution in [2.45, 2.75) is 25.7 Å². The number of sulfonamides is 1. The van der Waals surface area contributed by atoms with Crippen LogP contribution in [-0.4, -0.2) is 40.1 Å². The van der Waals surface area contributed by atoms with Gasteiger partial charge in [-0.15, -0.1) is 0 Å². The maximum absolute atomic E-state index is 13.6. The molecule has 0 heterocycles. The van der Waals surface area contributed by atoms with Crippen LogP contribution in [0, 0.1) is 6.92 Å². The minimum absolute atomic E-state index is 0.0269. The van der Waals surface area contributed by atoms with Crippen molar-refractivity contribution < 1.29 is 27.5 Å². The summed E-state index contributed by atoms with van der Waals surface area (Å²) in [4.78, 5) is 25.1. The van der Waals surface area contributed by atoms with Crippen molar-refractivity contribution in [1.82, 2.24) is 0 Å². The number of nitrogens with one attached hydrogen (secondary N) is 1. The molecule has 3 aromatic carbocycles. The number of amides is 1. The van der Waals surface area contributed by atoms with Gasteiger partial charge in [-0.05, 0) is 80.9 Å². The number of rotatable bonds is 10. The van der Waals surface area contributed by atoms with Crippen LogP contribution in [0.25, 0.3) is 0 Å². The third kappa shape index (κ3) is 6.35. The molecule has 0 aliphatic heterocycles. The van der Waals surface area contributed by atoms with Crippen molar-refractivity contribution in [3.8, 4) is 5.75 Å². The highest BCUT2D eigenvalue weighted by molar-refractivity contribution is 7.92. The van der Waals surface area contributed by atoms with Crippen LogP contribution in [0.2, 0.25) is 5.02 Å². The Balaban J connectivity index is 1.94. The van der Waals surface area contributed by atoms with Crippen molar-refractivity contribution >= 4 is 44.9 Å². The molecule has 36 heavy (non-hydrogen) atoms. The number of hydrogen-bond donors (Lipinski definition) is 1. The van der Waals surface area contributed by atoms with E-state index < -0.39 is 28.4 Å². The van der Waals surface area contributed by atoms with Crippen LogP contribution in [0.1, 0.15) is 29.8 Å². The van der Waals surface area contributed by atoms with Crippen molar-refractivity contribution in [3.05, 3.63) is 82.9 Å². The van der Waals surface area contributed by atoms with Crippen LogP contribution < -0.4 is 14.4 Å². The van der Waals surface area contributed by atoms with Gasteiger partial charge in [0.15, 0.2) is 0 Å². The summed E-state index contributed by atoms with van der Waals surface area (Å²) >= 11 is 5.94. The van der Waals surface area contributed by atoms with Gasteiger partial charge in [0.2, 0.25) is 5.91 Å². The van der Waals surface area contributed by atoms with Gasteiger partial charge in [0.1, 0.15) is 12.3 Å². The predicted molar refractivity (Wildman–Crippen MR) is 139 cm³/mol. The second-order valence-corrected chi connectivity index (χ2v) is 9.96.